The van der Waals surface area contributed by atoms with E-state index in [4.69, 9.17) is 5.73 Å². The molecule has 0 fully saturated rings. The first kappa shape index (κ1) is 14.8. The maximum absolute atomic E-state index is 11.2. The van der Waals surface area contributed by atoms with Gasteiger partial charge < -0.3 is 11.1 Å². The number of hydrogen-bond donors (Lipinski definition) is 2. The Hall–Kier alpha value is -0.220. The maximum Gasteiger partial charge on any atom is 0.237 e. The predicted molar refractivity (Wildman–Crippen MR) is 68.1 cm³/mol. The van der Waals surface area contributed by atoms with Gasteiger partial charge in [-0.15, -0.1) is 0 Å². The number of hydrogen-bond acceptors (Lipinski definition) is 3. The predicted octanol–water partition coefficient (Wildman–Crippen LogP) is 1.62. The minimum Gasteiger partial charge on any atom is -0.368 e. The highest BCUT2D eigenvalue weighted by Crippen LogP contribution is 2.17. The van der Waals surface area contributed by atoms with Gasteiger partial charge in [0.05, 0.1) is 5.54 Å². The molecule has 4 heteroatoms. The largest absolute Gasteiger partial charge is 0.368 e. The van der Waals surface area contributed by atoms with Crippen LogP contribution in [0.3, 0.4) is 0 Å². The van der Waals surface area contributed by atoms with Crippen LogP contribution in [0.5, 0.6) is 0 Å². The lowest BCUT2D eigenvalue weighted by atomic mass is 9.99. The summed E-state index contributed by atoms with van der Waals surface area (Å²) in [4.78, 5) is 11.2. The van der Waals surface area contributed by atoms with Gasteiger partial charge >= 0.3 is 0 Å². The molecule has 0 rings (SSSR count). The highest BCUT2D eigenvalue weighted by atomic mass is 32.2. The minimum absolute atomic E-state index is 0.269. The van der Waals surface area contributed by atoms with Crippen molar-refractivity contribution in [2.24, 2.45) is 11.7 Å². The van der Waals surface area contributed by atoms with Crippen LogP contribution in [0, 0.1) is 5.92 Å². The molecule has 0 aromatic heterocycles. The van der Waals surface area contributed by atoms with Crippen LogP contribution in [-0.4, -0.2) is 30.0 Å². The average Bonchev–Trinajstić information content (AvgIpc) is 2.23. The number of rotatable bonds is 8. The van der Waals surface area contributed by atoms with Crippen LogP contribution >= 0.6 is 11.8 Å². The Morgan fingerprint density at radius 3 is 2.60 bits per heavy atom. The molecule has 1 amide bonds. The Bertz CT molecular complexity index is 199. The van der Waals surface area contributed by atoms with E-state index >= 15 is 0 Å². The molecule has 0 aliphatic heterocycles. The third-order valence-corrected chi connectivity index (χ3v) is 4.24. The van der Waals surface area contributed by atoms with Crippen molar-refractivity contribution in [2.45, 2.75) is 39.2 Å². The summed E-state index contributed by atoms with van der Waals surface area (Å²) in [5, 5.41) is 2.99. The summed E-state index contributed by atoms with van der Waals surface area (Å²) in [6.45, 7) is 6.31. The first-order valence-electron chi connectivity index (χ1n) is 5.52. The first-order chi connectivity index (χ1) is 6.96. The van der Waals surface area contributed by atoms with Crippen molar-refractivity contribution in [3.05, 3.63) is 0 Å². The second-order valence-electron chi connectivity index (χ2n) is 4.28. The van der Waals surface area contributed by atoms with E-state index < -0.39 is 5.54 Å². The van der Waals surface area contributed by atoms with Gasteiger partial charge in [0.25, 0.3) is 0 Å². The summed E-state index contributed by atoms with van der Waals surface area (Å²) in [5.41, 5.74) is 4.79. The molecule has 0 saturated carbocycles. The fourth-order valence-electron chi connectivity index (χ4n) is 1.05. The standard InChI is InChI=1S/C11H24N2OS/c1-5-9(2)8-15-7-6-11(3,13-4)10(12)14/h9,13H,5-8H2,1-4H3,(H2,12,14). The molecule has 0 aromatic carbocycles. The van der Waals surface area contributed by atoms with Crippen molar-refractivity contribution in [1.82, 2.24) is 5.32 Å². The van der Waals surface area contributed by atoms with E-state index in [9.17, 15) is 4.79 Å². The van der Waals surface area contributed by atoms with Gasteiger partial charge in [0.2, 0.25) is 5.91 Å². The fraction of sp³-hybridized carbons (Fsp3) is 0.909. The molecule has 3 nitrogen and oxygen atoms in total. The molecule has 0 aliphatic rings. The van der Waals surface area contributed by atoms with Crippen LogP contribution in [0.1, 0.15) is 33.6 Å². The Kier molecular flexibility index (Phi) is 7.02. The zero-order valence-corrected chi connectivity index (χ0v) is 11.1. The van der Waals surface area contributed by atoms with E-state index in [-0.39, 0.29) is 5.91 Å². The van der Waals surface area contributed by atoms with Gasteiger partial charge in [0.15, 0.2) is 0 Å². The molecule has 0 aromatic rings. The average molecular weight is 232 g/mol. The van der Waals surface area contributed by atoms with Crippen molar-refractivity contribution < 1.29 is 4.79 Å². The smallest absolute Gasteiger partial charge is 0.237 e. The SMILES string of the molecule is CCC(C)CSCCC(C)(NC)C(N)=O. The number of amides is 1. The van der Waals surface area contributed by atoms with Gasteiger partial charge in [-0.1, -0.05) is 20.3 Å². The van der Waals surface area contributed by atoms with Gasteiger partial charge in [-0.25, -0.2) is 0 Å². The number of nitrogens with one attached hydrogen (secondary N) is 1. The van der Waals surface area contributed by atoms with Crippen molar-refractivity contribution in [3.8, 4) is 0 Å². The Morgan fingerprint density at radius 1 is 1.60 bits per heavy atom. The number of primary amides is 1. The molecule has 15 heavy (non-hydrogen) atoms. The lowest BCUT2D eigenvalue weighted by Gasteiger charge is -2.25. The molecule has 90 valence electrons. The quantitative estimate of drug-likeness (QED) is 0.625. The maximum atomic E-state index is 11.2. The normalized spacial score (nSPS) is 17.1. The molecular formula is C11H24N2OS. The fourth-order valence-corrected chi connectivity index (χ4v) is 2.41. The van der Waals surface area contributed by atoms with Crippen LogP contribution in [-0.2, 0) is 4.79 Å². The molecule has 0 spiro atoms. The third kappa shape index (κ3) is 5.42. The third-order valence-electron chi connectivity index (χ3n) is 2.94. The number of carbonyl (C=O) groups is 1. The van der Waals surface area contributed by atoms with Crippen LogP contribution in [0.15, 0.2) is 0 Å². The molecular weight excluding hydrogens is 208 g/mol. The first-order valence-corrected chi connectivity index (χ1v) is 6.68. The molecule has 0 saturated heterocycles. The summed E-state index contributed by atoms with van der Waals surface area (Å²) in [6.07, 6.45) is 2.01. The van der Waals surface area contributed by atoms with Gasteiger partial charge in [-0.05, 0) is 37.8 Å². The van der Waals surface area contributed by atoms with Crippen LogP contribution < -0.4 is 11.1 Å². The zero-order chi connectivity index (χ0) is 11.9. The van der Waals surface area contributed by atoms with E-state index in [1.807, 2.05) is 18.7 Å². The van der Waals surface area contributed by atoms with E-state index in [1.165, 1.54) is 6.42 Å². The molecule has 2 unspecified atom stereocenters. The van der Waals surface area contributed by atoms with Gasteiger partial charge in [-0.2, -0.15) is 11.8 Å². The molecule has 0 radical (unpaired) electrons. The Balaban J connectivity index is 3.78. The number of nitrogens with two attached hydrogens (primary N) is 1. The van der Waals surface area contributed by atoms with E-state index in [2.05, 4.69) is 19.2 Å². The van der Waals surface area contributed by atoms with Crippen LogP contribution in [0.2, 0.25) is 0 Å². The summed E-state index contributed by atoms with van der Waals surface area (Å²) < 4.78 is 0. The highest BCUT2D eigenvalue weighted by Gasteiger charge is 2.28. The van der Waals surface area contributed by atoms with Gasteiger partial charge in [0, 0.05) is 0 Å². The second-order valence-corrected chi connectivity index (χ2v) is 5.43. The van der Waals surface area contributed by atoms with E-state index in [0.29, 0.717) is 0 Å². The Labute approximate surface area is 97.6 Å². The summed E-state index contributed by atoms with van der Waals surface area (Å²) in [7, 11) is 1.78. The number of thioether (sulfide) groups is 1. The molecule has 0 bridgehead atoms. The van der Waals surface area contributed by atoms with Crippen LogP contribution in [0.4, 0.5) is 0 Å². The van der Waals surface area contributed by atoms with Gasteiger partial charge in [-0.3, -0.25) is 4.79 Å². The molecule has 3 N–H and O–H groups in total. The Morgan fingerprint density at radius 2 is 2.20 bits per heavy atom. The number of likely N-dealkylation sites (N-methyl/N-ethyl adjacent to an activating group) is 1. The van der Waals surface area contributed by atoms with Crippen LogP contribution in [0.25, 0.3) is 0 Å². The van der Waals surface area contributed by atoms with Gasteiger partial charge in [0.1, 0.15) is 0 Å². The lowest BCUT2D eigenvalue weighted by molar-refractivity contribution is -0.123. The molecule has 0 aliphatic carbocycles. The molecule has 0 heterocycles. The van der Waals surface area contributed by atoms with E-state index in [1.54, 1.807) is 7.05 Å². The zero-order valence-electron chi connectivity index (χ0n) is 10.3. The van der Waals surface area contributed by atoms with Crippen molar-refractivity contribution in [2.75, 3.05) is 18.6 Å². The molecule has 2 atom stereocenters. The van der Waals surface area contributed by atoms with E-state index in [0.717, 1.165) is 23.8 Å². The van der Waals surface area contributed by atoms with Crippen molar-refractivity contribution in [1.29, 1.82) is 0 Å². The van der Waals surface area contributed by atoms with Crippen molar-refractivity contribution in [3.63, 3.8) is 0 Å². The van der Waals surface area contributed by atoms with Crippen molar-refractivity contribution >= 4 is 17.7 Å². The summed E-state index contributed by atoms with van der Waals surface area (Å²) in [5.74, 6) is 2.62. The second kappa shape index (κ2) is 7.12. The topological polar surface area (TPSA) is 55.1 Å². The summed E-state index contributed by atoms with van der Waals surface area (Å²) in [6, 6.07) is 0. The lowest BCUT2D eigenvalue weighted by Crippen LogP contribution is -2.51. The highest BCUT2D eigenvalue weighted by molar-refractivity contribution is 7.99. The number of carbonyl (C=O) groups excluding carboxylic acids is 1. The summed E-state index contributed by atoms with van der Waals surface area (Å²) >= 11 is 1.90. The monoisotopic (exact) mass is 232 g/mol. The minimum atomic E-state index is -0.553.